The maximum Gasteiger partial charge on any atom is 0.0462 e. The monoisotopic (exact) mass is 290 g/mol. The SMILES string of the molecule is CCCCCCCCCCC(NN)c1cc(C)ccc1C. The molecular weight excluding hydrogens is 256 g/mol. The van der Waals surface area contributed by atoms with Gasteiger partial charge in [-0.15, -0.1) is 0 Å². The van der Waals surface area contributed by atoms with Gasteiger partial charge in [-0.05, 0) is 31.4 Å². The number of hydrogen-bond donors (Lipinski definition) is 2. The predicted octanol–water partition coefficient (Wildman–Crippen LogP) is 5.34. The Morgan fingerprint density at radius 1 is 0.952 bits per heavy atom. The predicted molar refractivity (Wildman–Crippen MR) is 93.2 cm³/mol. The smallest absolute Gasteiger partial charge is 0.0462 e. The number of rotatable bonds is 11. The van der Waals surface area contributed by atoms with Gasteiger partial charge in [0.05, 0.1) is 0 Å². The second kappa shape index (κ2) is 10.8. The third-order valence-corrected chi connectivity index (χ3v) is 4.36. The molecule has 0 radical (unpaired) electrons. The fourth-order valence-electron chi connectivity index (χ4n) is 2.95. The lowest BCUT2D eigenvalue weighted by molar-refractivity contribution is 0.473. The first-order valence-electron chi connectivity index (χ1n) is 8.72. The molecule has 2 nitrogen and oxygen atoms in total. The highest BCUT2D eigenvalue weighted by molar-refractivity contribution is 5.32. The molecule has 0 aliphatic carbocycles. The van der Waals surface area contributed by atoms with Crippen molar-refractivity contribution in [1.29, 1.82) is 0 Å². The Bertz CT molecular complexity index is 387. The number of hydrazine groups is 1. The van der Waals surface area contributed by atoms with Gasteiger partial charge in [0.2, 0.25) is 0 Å². The van der Waals surface area contributed by atoms with E-state index in [0.29, 0.717) is 6.04 Å². The normalized spacial score (nSPS) is 12.6. The summed E-state index contributed by atoms with van der Waals surface area (Å²) >= 11 is 0. The van der Waals surface area contributed by atoms with Crippen LogP contribution >= 0.6 is 0 Å². The van der Waals surface area contributed by atoms with E-state index >= 15 is 0 Å². The van der Waals surface area contributed by atoms with Crippen molar-refractivity contribution < 1.29 is 0 Å². The summed E-state index contributed by atoms with van der Waals surface area (Å²) in [5.41, 5.74) is 7.01. The molecule has 1 aromatic rings. The van der Waals surface area contributed by atoms with E-state index in [1.54, 1.807) is 0 Å². The van der Waals surface area contributed by atoms with Crippen molar-refractivity contribution in [3.63, 3.8) is 0 Å². The molecule has 21 heavy (non-hydrogen) atoms. The summed E-state index contributed by atoms with van der Waals surface area (Å²) in [7, 11) is 0. The molecule has 3 N–H and O–H groups in total. The van der Waals surface area contributed by atoms with Crippen molar-refractivity contribution in [3.8, 4) is 0 Å². The van der Waals surface area contributed by atoms with Crippen molar-refractivity contribution in [2.75, 3.05) is 0 Å². The maximum absolute atomic E-state index is 5.77. The molecule has 0 saturated heterocycles. The van der Waals surface area contributed by atoms with Crippen LogP contribution < -0.4 is 11.3 Å². The van der Waals surface area contributed by atoms with Crippen LogP contribution in [0.15, 0.2) is 18.2 Å². The van der Waals surface area contributed by atoms with Gasteiger partial charge in [0.15, 0.2) is 0 Å². The summed E-state index contributed by atoms with van der Waals surface area (Å²) in [5, 5.41) is 0. The molecule has 120 valence electrons. The Labute approximate surface area is 131 Å². The molecule has 0 amide bonds. The summed E-state index contributed by atoms with van der Waals surface area (Å²) in [5.74, 6) is 5.77. The Hall–Kier alpha value is -0.860. The first kappa shape index (κ1) is 18.2. The lowest BCUT2D eigenvalue weighted by Gasteiger charge is -2.19. The van der Waals surface area contributed by atoms with E-state index in [0.717, 1.165) is 6.42 Å². The van der Waals surface area contributed by atoms with Crippen LogP contribution in [0.5, 0.6) is 0 Å². The molecule has 1 unspecified atom stereocenters. The lowest BCUT2D eigenvalue weighted by Crippen LogP contribution is -2.28. The first-order chi connectivity index (χ1) is 10.2. The molecule has 0 aromatic heterocycles. The largest absolute Gasteiger partial charge is 0.271 e. The summed E-state index contributed by atoms with van der Waals surface area (Å²) in [6, 6.07) is 6.93. The number of unbranched alkanes of at least 4 members (excludes halogenated alkanes) is 7. The van der Waals surface area contributed by atoms with Crippen molar-refractivity contribution in [1.82, 2.24) is 5.43 Å². The number of aryl methyl sites for hydroxylation is 2. The Morgan fingerprint density at radius 2 is 1.57 bits per heavy atom. The van der Waals surface area contributed by atoms with Crippen LogP contribution in [0.1, 0.15) is 87.4 Å². The average Bonchev–Trinajstić information content (AvgIpc) is 2.49. The zero-order chi connectivity index (χ0) is 15.5. The Morgan fingerprint density at radius 3 is 2.19 bits per heavy atom. The maximum atomic E-state index is 5.77. The molecule has 1 rings (SSSR count). The molecule has 0 heterocycles. The second-order valence-corrected chi connectivity index (χ2v) is 6.34. The molecule has 1 aromatic carbocycles. The molecular formula is C19H34N2. The minimum Gasteiger partial charge on any atom is -0.271 e. The topological polar surface area (TPSA) is 38.0 Å². The van der Waals surface area contributed by atoms with E-state index in [1.165, 1.54) is 68.1 Å². The van der Waals surface area contributed by atoms with Crippen LogP contribution in [0.25, 0.3) is 0 Å². The molecule has 0 fully saturated rings. The van der Waals surface area contributed by atoms with Crippen molar-refractivity contribution in [2.24, 2.45) is 5.84 Å². The van der Waals surface area contributed by atoms with Crippen LogP contribution in [0.3, 0.4) is 0 Å². The van der Waals surface area contributed by atoms with Crippen LogP contribution in [0.4, 0.5) is 0 Å². The van der Waals surface area contributed by atoms with Gasteiger partial charge in [-0.2, -0.15) is 0 Å². The van der Waals surface area contributed by atoms with Gasteiger partial charge < -0.3 is 0 Å². The zero-order valence-corrected chi connectivity index (χ0v) is 14.3. The van der Waals surface area contributed by atoms with Gasteiger partial charge in [0.25, 0.3) is 0 Å². The van der Waals surface area contributed by atoms with Crippen LogP contribution in [0, 0.1) is 13.8 Å². The molecule has 0 saturated carbocycles. The molecule has 0 aliphatic heterocycles. The molecule has 0 spiro atoms. The van der Waals surface area contributed by atoms with E-state index in [-0.39, 0.29) is 0 Å². The highest BCUT2D eigenvalue weighted by atomic mass is 15.2. The van der Waals surface area contributed by atoms with Gasteiger partial charge in [-0.3, -0.25) is 11.3 Å². The Balaban J connectivity index is 2.27. The standard InChI is InChI=1S/C19H34N2/c1-4-5-6-7-8-9-10-11-12-19(21-20)18-15-16(2)13-14-17(18)3/h13-15,19,21H,4-12,20H2,1-3H3. The van der Waals surface area contributed by atoms with Crippen molar-refractivity contribution in [3.05, 3.63) is 34.9 Å². The van der Waals surface area contributed by atoms with Crippen LogP contribution in [-0.2, 0) is 0 Å². The lowest BCUT2D eigenvalue weighted by atomic mass is 9.95. The van der Waals surface area contributed by atoms with Crippen LogP contribution in [0.2, 0.25) is 0 Å². The minimum atomic E-state index is 0.296. The average molecular weight is 290 g/mol. The van der Waals surface area contributed by atoms with Gasteiger partial charge >= 0.3 is 0 Å². The second-order valence-electron chi connectivity index (χ2n) is 6.34. The highest BCUT2D eigenvalue weighted by Crippen LogP contribution is 2.24. The number of hydrogen-bond acceptors (Lipinski definition) is 2. The van der Waals surface area contributed by atoms with Gasteiger partial charge in [0, 0.05) is 6.04 Å². The third-order valence-electron chi connectivity index (χ3n) is 4.36. The molecule has 0 aliphatic rings. The number of nitrogens with one attached hydrogen (secondary N) is 1. The zero-order valence-electron chi connectivity index (χ0n) is 14.3. The van der Waals surface area contributed by atoms with Crippen molar-refractivity contribution in [2.45, 2.75) is 84.6 Å². The summed E-state index contributed by atoms with van der Waals surface area (Å²) in [6.07, 6.45) is 12.0. The minimum absolute atomic E-state index is 0.296. The molecule has 1 atom stereocenters. The van der Waals surface area contributed by atoms with E-state index in [9.17, 15) is 0 Å². The Kier molecular flexibility index (Phi) is 9.36. The van der Waals surface area contributed by atoms with Gasteiger partial charge in [0.1, 0.15) is 0 Å². The van der Waals surface area contributed by atoms with E-state index < -0.39 is 0 Å². The van der Waals surface area contributed by atoms with E-state index in [2.05, 4.69) is 44.4 Å². The van der Waals surface area contributed by atoms with Crippen LogP contribution in [-0.4, -0.2) is 0 Å². The molecule has 0 bridgehead atoms. The quantitative estimate of drug-likeness (QED) is 0.328. The number of benzene rings is 1. The highest BCUT2D eigenvalue weighted by Gasteiger charge is 2.11. The molecule has 2 heteroatoms. The summed E-state index contributed by atoms with van der Waals surface area (Å²) < 4.78 is 0. The summed E-state index contributed by atoms with van der Waals surface area (Å²) in [4.78, 5) is 0. The number of nitrogens with two attached hydrogens (primary N) is 1. The third kappa shape index (κ3) is 7.10. The fraction of sp³-hybridized carbons (Fsp3) is 0.684. The van der Waals surface area contributed by atoms with Gasteiger partial charge in [-0.25, -0.2) is 0 Å². The van der Waals surface area contributed by atoms with E-state index in [4.69, 9.17) is 5.84 Å². The summed E-state index contributed by atoms with van der Waals surface area (Å²) in [6.45, 7) is 6.59. The van der Waals surface area contributed by atoms with Crippen molar-refractivity contribution >= 4 is 0 Å². The van der Waals surface area contributed by atoms with E-state index in [1.807, 2.05) is 0 Å². The first-order valence-corrected chi connectivity index (χ1v) is 8.72. The van der Waals surface area contributed by atoms with Gasteiger partial charge in [-0.1, -0.05) is 82.1 Å². The fourth-order valence-corrected chi connectivity index (χ4v) is 2.95.